The van der Waals surface area contributed by atoms with Crippen molar-refractivity contribution in [3.05, 3.63) is 72.3 Å². The van der Waals surface area contributed by atoms with Crippen molar-refractivity contribution < 1.29 is 17.9 Å². The Morgan fingerprint density at radius 1 is 0.892 bits per heavy atom. The molecule has 2 heterocycles. The molecule has 5 aromatic rings. The number of unbranched alkanes of at least 4 members (excludes halogenated alkanes) is 1. The number of aromatic nitrogens is 4. The fourth-order valence-electron chi connectivity index (χ4n) is 3.56. The SMILES string of the molecule is CCCCOC(=O)c1ccc(Nc2nc3ccccc3nc2NS(=O)(=O)c2cccc3nsnc23)cc1. The quantitative estimate of drug-likeness (QED) is 0.195. The molecule has 0 atom stereocenters. The molecule has 3 aromatic carbocycles. The van der Waals surface area contributed by atoms with Gasteiger partial charge in [0.1, 0.15) is 15.9 Å². The molecule has 0 radical (unpaired) electrons. The van der Waals surface area contributed by atoms with E-state index in [9.17, 15) is 13.2 Å². The summed E-state index contributed by atoms with van der Waals surface area (Å²) in [5, 5.41) is 3.11. The molecule has 0 bridgehead atoms. The number of carbonyl (C=O) groups is 1. The lowest BCUT2D eigenvalue weighted by molar-refractivity contribution is 0.0499. The third-order valence-electron chi connectivity index (χ3n) is 5.45. The minimum absolute atomic E-state index is 0.00871. The van der Waals surface area contributed by atoms with Crippen LogP contribution in [0.5, 0.6) is 0 Å². The average Bonchev–Trinajstić information content (AvgIpc) is 3.38. The third kappa shape index (κ3) is 5.34. The molecule has 0 spiro atoms. The van der Waals surface area contributed by atoms with E-state index in [0.717, 1.165) is 24.6 Å². The van der Waals surface area contributed by atoms with Gasteiger partial charge in [-0.05, 0) is 55.0 Å². The van der Waals surface area contributed by atoms with Crippen LogP contribution >= 0.6 is 11.7 Å². The number of esters is 1. The highest BCUT2D eigenvalue weighted by Crippen LogP contribution is 2.29. The Morgan fingerprint density at radius 2 is 1.59 bits per heavy atom. The van der Waals surface area contributed by atoms with Gasteiger partial charge in [-0.2, -0.15) is 8.75 Å². The van der Waals surface area contributed by atoms with E-state index in [1.807, 2.05) is 13.0 Å². The van der Waals surface area contributed by atoms with Crippen LogP contribution in [-0.4, -0.2) is 39.7 Å². The summed E-state index contributed by atoms with van der Waals surface area (Å²) in [5.74, 6) is -0.185. The molecule has 188 valence electrons. The average molecular weight is 535 g/mol. The van der Waals surface area contributed by atoms with Gasteiger partial charge in [0.05, 0.1) is 34.9 Å². The van der Waals surface area contributed by atoms with Crippen LogP contribution in [-0.2, 0) is 14.8 Å². The highest BCUT2D eigenvalue weighted by Gasteiger charge is 2.23. The zero-order valence-corrected chi connectivity index (χ0v) is 21.3. The van der Waals surface area contributed by atoms with Crippen LogP contribution in [0.25, 0.3) is 22.1 Å². The first-order valence-electron chi connectivity index (χ1n) is 11.5. The van der Waals surface area contributed by atoms with Crippen LogP contribution in [0.3, 0.4) is 0 Å². The smallest absolute Gasteiger partial charge is 0.338 e. The number of fused-ring (bicyclic) bond motifs is 2. The van der Waals surface area contributed by atoms with Gasteiger partial charge in [0.25, 0.3) is 10.0 Å². The summed E-state index contributed by atoms with van der Waals surface area (Å²) < 4.78 is 42.8. The van der Waals surface area contributed by atoms with Crippen molar-refractivity contribution in [1.82, 2.24) is 18.7 Å². The number of anilines is 3. The second-order valence-electron chi connectivity index (χ2n) is 8.09. The molecule has 0 aliphatic heterocycles. The fraction of sp³-hybridized carbons (Fsp3) is 0.160. The Hall–Kier alpha value is -4.16. The highest BCUT2D eigenvalue weighted by molar-refractivity contribution is 7.93. The van der Waals surface area contributed by atoms with Crippen molar-refractivity contribution in [1.29, 1.82) is 0 Å². The minimum atomic E-state index is -4.07. The molecule has 0 saturated carbocycles. The first kappa shape index (κ1) is 24.5. The molecular formula is C25H22N6O4S2. The number of benzene rings is 3. The lowest BCUT2D eigenvalue weighted by Crippen LogP contribution is -2.16. The van der Waals surface area contributed by atoms with E-state index in [0.29, 0.717) is 34.4 Å². The van der Waals surface area contributed by atoms with Gasteiger partial charge in [-0.3, -0.25) is 4.72 Å². The Bertz CT molecular complexity index is 1690. The summed E-state index contributed by atoms with van der Waals surface area (Å²) in [4.78, 5) is 21.3. The van der Waals surface area contributed by atoms with Crippen molar-refractivity contribution in [2.45, 2.75) is 24.7 Å². The molecule has 0 amide bonds. The van der Waals surface area contributed by atoms with Crippen molar-refractivity contribution in [2.75, 3.05) is 16.6 Å². The second-order valence-corrected chi connectivity index (χ2v) is 10.3. The summed E-state index contributed by atoms with van der Waals surface area (Å²) in [5.41, 5.74) is 2.87. The molecular weight excluding hydrogens is 512 g/mol. The van der Waals surface area contributed by atoms with Crippen molar-refractivity contribution >= 4 is 67.1 Å². The molecule has 0 aliphatic carbocycles. The summed E-state index contributed by atoms with van der Waals surface area (Å²) in [7, 11) is -4.07. The second kappa shape index (κ2) is 10.4. The van der Waals surface area contributed by atoms with Crippen LogP contribution in [0.15, 0.2) is 71.6 Å². The molecule has 2 aromatic heterocycles. The molecule has 37 heavy (non-hydrogen) atoms. The van der Waals surface area contributed by atoms with E-state index in [4.69, 9.17) is 4.74 Å². The number of para-hydroxylation sites is 2. The lowest BCUT2D eigenvalue weighted by atomic mass is 10.2. The number of nitrogens with one attached hydrogen (secondary N) is 2. The number of hydrogen-bond donors (Lipinski definition) is 2. The Morgan fingerprint density at radius 3 is 2.32 bits per heavy atom. The first-order chi connectivity index (χ1) is 17.9. The van der Waals surface area contributed by atoms with Gasteiger partial charge >= 0.3 is 5.97 Å². The molecule has 0 saturated heterocycles. The van der Waals surface area contributed by atoms with Gasteiger partial charge in [0.2, 0.25) is 0 Å². The minimum Gasteiger partial charge on any atom is -0.462 e. The van der Waals surface area contributed by atoms with Gasteiger partial charge < -0.3 is 10.1 Å². The number of carbonyl (C=O) groups excluding carboxylic acids is 1. The van der Waals surface area contributed by atoms with Crippen molar-refractivity contribution in [2.24, 2.45) is 0 Å². The van der Waals surface area contributed by atoms with Crippen LogP contribution < -0.4 is 10.0 Å². The monoisotopic (exact) mass is 534 g/mol. The standard InChI is InChI=1S/C25H22N6O4S2/c1-2-3-15-35-25(32)16-11-13-17(14-12-16)26-23-24(28-19-8-5-4-7-18(19)27-23)31-37(33,34)21-10-6-9-20-22(21)30-36-29-20/h4-14H,2-3,15H2,1H3,(H,26,27)(H,28,31). The Kier molecular flexibility index (Phi) is 6.93. The number of sulfonamides is 1. The molecule has 2 N–H and O–H groups in total. The van der Waals surface area contributed by atoms with E-state index in [-0.39, 0.29) is 22.0 Å². The largest absolute Gasteiger partial charge is 0.462 e. The highest BCUT2D eigenvalue weighted by atomic mass is 32.2. The maximum absolute atomic E-state index is 13.4. The van der Waals surface area contributed by atoms with Gasteiger partial charge in [-0.15, -0.1) is 0 Å². The number of nitrogens with zero attached hydrogens (tertiary/aromatic N) is 4. The van der Waals surface area contributed by atoms with E-state index in [1.54, 1.807) is 54.6 Å². The number of hydrogen-bond acceptors (Lipinski definition) is 10. The van der Waals surface area contributed by atoms with E-state index in [2.05, 4.69) is 28.8 Å². The molecule has 0 aliphatic rings. The summed E-state index contributed by atoms with van der Waals surface area (Å²) >= 11 is 0.939. The topological polar surface area (TPSA) is 136 Å². The fourth-order valence-corrected chi connectivity index (χ4v) is 5.33. The van der Waals surface area contributed by atoms with Gasteiger partial charge in [-0.25, -0.2) is 23.2 Å². The normalized spacial score (nSPS) is 11.5. The summed E-state index contributed by atoms with van der Waals surface area (Å²) in [6, 6.07) is 18.5. The van der Waals surface area contributed by atoms with Gasteiger partial charge in [0, 0.05) is 5.69 Å². The maximum Gasteiger partial charge on any atom is 0.338 e. The summed E-state index contributed by atoms with van der Waals surface area (Å²) in [6.45, 7) is 2.39. The third-order valence-corrected chi connectivity index (χ3v) is 7.37. The van der Waals surface area contributed by atoms with Crippen molar-refractivity contribution in [3.8, 4) is 0 Å². The Labute approximate surface area is 217 Å². The molecule has 10 nitrogen and oxygen atoms in total. The molecule has 12 heteroatoms. The van der Waals surface area contributed by atoms with Crippen LogP contribution in [0, 0.1) is 0 Å². The molecule has 0 fully saturated rings. The lowest BCUT2D eigenvalue weighted by Gasteiger charge is -2.14. The van der Waals surface area contributed by atoms with Gasteiger partial charge in [-0.1, -0.05) is 31.5 Å². The van der Waals surface area contributed by atoms with E-state index < -0.39 is 16.0 Å². The van der Waals surface area contributed by atoms with Crippen LogP contribution in [0.4, 0.5) is 17.3 Å². The van der Waals surface area contributed by atoms with E-state index >= 15 is 0 Å². The zero-order chi connectivity index (χ0) is 25.8. The van der Waals surface area contributed by atoms with E-state index in [1.165, 1.54) is 6.07 Å². The number of ether oxygens (including phenoxy) is 1. The zero-order valence-electron chi connectivity index (χ0n) is 19.7. The van der Waals surface area contributed by atoms with Crippen LogP contribution in [0.1, 0.15) is 30.1 Å². The molecule has 5 rings (SSSR count). The van der Waals surface area contributed by atoms with Crippen LogP contribution in [0.2, 0.25) is 0 Å². The summed E-state index contributed by atoms with van der Waals surface area (Å²) in [6.07, 6.45) is 1.74. The maximum atomic E-state index is 13.4. The van der Waals surface area contributed by atoms with Gasteiger partial charge in [0.15, 0.2) is 11.6 Å². The predicted molar refractivity (Wildman–Crippen MR) is 143 cm³/mol. The first-order valence-corrected chi connectivity index (χ1v) is 13.7. The predicted octanol–water partition coefficient (Wildman–Crippen LogP) is 5.14. The van der Waals surface area contributed by atoms with Crippen molar-refractivity contribution in [3.63, 3.8) is 0 Å². The number of rotatable bonds is 9. The Balaban J connectivity index is 1.46. The molecule has 0 unspecified atom stereocenters.